The molecule has 2 aliphatic heterocycles. The number of nitrogens with one attached hydrogen (secondary N) is 2. The first-order valence-electron chi connectivity index (χ1n) is 13.3. The zero-order valence-electron chi connectivity index (χ0n) is 20.8. The van der Waals surface area contributed by atoms with Crippen molar-refractivity contribution in [3.05, 3.63) is 47.8 Å². The summed E-state index contributed by atoms with van der Waals surface area (Å²) in [6.45, 7) is 2.24. The molecule has 1 saturated carbocycles. The molecule has 1 atom stereocenters. The summed E-state index contributed by atoms with van der Waals surface area (Å²) in [6, 6.07) is 9.10. The highest BCUT2D eigenvalue weighted by molar-refractivity contribution is 5.91. The molecule has 192 valence electrons. The van der Waals surface area contributed by atoms with Crippen LogP contribution in [-0.2, 0) is 33.8 Å². The van der Waals surface area contributed by atoms with Crippen molar-refractivity contribution in [3.63, 3.8) is 0 Å². The summed E-state index contributed by atoms with van der Waals surface area (Å²) in [7, 11) is 0. The van der Waals surface area contributed by atoms with Gasteiger partial charge in [0.25, 0.3) is 0 Å². The molecule has 9 nitrogen and oxygen atoms in total. The summed E-state index contributed by atoms with van der Waals surface area (Å²) in [6.07, 6.45) is 8.79. The number of aromatic nitrogens is 3. The van der Waals surface area contributed by atoms with E-state index in [0.29, 0.717) is 51.9 Å². The second-order valence-electron chi connectivity index (χ2n) is 10.6. The number of hydrogen-bond acceptors (Lipinski definition) is 5. The molecule has 2 fully saturated rings. The minimum Gasteiger partial charge on any atom is -0.354 e. The molecule has 36 heavy (non-hydrogen) atoms. The minimum absolute atomic E-state index is 0.131. The van der Waals surface area contributed by atoms with E-state index in [4.69, 9.17) is 0 Å². The van der Waals surface area contributed by atoms with Gasteiger partial charge in [-0.2, -0.15) is 0 Å². The minimum atomic E-state index is -0.739. The van der Waals surface area contributed by atoms with Gasteiger partial charge in [-0.25, -0.2) is 0 Å². The van der Waals surface area contributed by atoms with Crippen molar-refractivity contribution in [2.75, 3.05) is 19.6 Å². The van der Waals surface area contributed by atoms with Crippen LogP contribution in [0.1, 0.15) is 56.2 Å². The number of amides is 3. The fourth-order valence-corrected chi connectivity index (χ4v) is 5.89. The van der Waals surface area contributed by atoms with Crippen LogP contribution in [-0.4, -0.2) is 63.3 Å². The molecule has 0 unspecified atom stereocenters. The van der Waals surface area contributed by atoms with Crippen molar-refractivity contribution < 1.29 is 14.4 Å². The predicted octanol–water partition coefficient (Wildman–Crippen LogP) is 1.87. The quantitative estimate of drug-likeness (QED) is 0.680. The molecule has 0 radical (unpaired) electrons. The number of piperidine rings is 1. The van der Waals surface area contributed by atoms with Gasteiger partial charge in [0.1, 0.15) is 6.04 Å². The number of carbonyl (C=O) groups excluding carboxylic acids is 3. The Bertz CT molecular complexity index is 1070. The maximum atomic E-state index is 13.9. The standard InChI is InChI=1S/C27H36N6O3/c34-24-23(17-20-7-2-1-3-8-20)29-26(36)27(18-22-19-33(31-30-22)14-6-13-28-24)11-15-32(16-12-27)25(35)21-9-4-5-10-21/h1-3,7-8,19,21,23H,4-6,9-18H2,(H,28,34)(H,29,36)/t23-/m0/s1. The molecule has 1 spiro atoms. The van der Waals surface area contributed by atoms with Crippen molar-refractivity contribution in [1.82, 2.24) is 30.5 Å². The van der Waals surface area contributed by atoms with E-state index in [1.54, 1.807) is 4.68 Å². The van der Waals surface area contributed by atoms with E-state index < -0.39 is 11.5 Å². The van der Waals surface area contributed by atoms with E-state index in [1.165, 1.54) is 0 Å². The number of nitrogens with zero attached hydrogens (tertiary/aromatic N) is 4. The lowest BCUT2D eigenvalue weighted by molar-refractivity contribution is -0.144. The summed E-state index contributed by atoms with van der Waals surface area (Å²) in [4.78, 5) is 42.1. The van der Waals surface area contributed by atoms with E-state index in [0.717, 1.165) is 43.4 Å². The first kappa shape index (κ1) is 24.5. The molecular formula is C27H36N6O3. The van der Waals surface area contributed by atoms with Crippen molar-refractivity contribution in [1.29, 1.82) is 0 Å². The van der Waals surface area contributed by atoms with E-state index in [1.807, 2.05) is 41.4 Å². The summed E-state index contributed by atoms with van der Waals surface area (Å²) in [5.41, 5.74) is 1.03. The molecule has 1 aromatic carbocycles. The largest absolute Gasteiger partial charge is 0.354 e. The van der Waals surface area contributed by atoms with Crippen molar-refractivity contribution >= 4 is 17.7 Å². The summed E-state index contributed by atoms with van der Waals surface area (Å²) >= 11 is 0. The van der Waals surface area contributed by atoms with Gasteiger partial charge < -0.3 is 15.5 Å². The summed E-state index contributed by atoms with van der Waals surface area (Å²) < 4.78 is 1.78. The van der Waals surface area contributed by atoms with Crippen LogP contribution < -0.4 is 10.6 Å². The molecule has 3 aliphatic rings. The summed E-state index contributed by atoms with van der Waals surface area (Å²) in [5, 5.41) is 14.7. The van der Waals surface area contributed by atoms with E-state index in [2.05, 4.69) is 20.9 Å². The maximum absolute atomic E-state index is 13.9. The molecule has 1 aliphatic carbocycles. The first-order valence-corrected chi connectivity index (χ1v) is 13.3. The number of benzene rings is 1. The van der Waals surface area contributed by atoms with Crippen LogP contribution in [0.3, 0.4) is 0 Å². The van der Waals surface area contributed by atoms with Crippen molar-refractivity contribution in [2.24, 2.45) is 11.3 Å². The number of fused-ring (bicyclic) bond motifs is 2. The number of rotatable bonds is 3. The number of carbonyl (C=O) groups is 3. The molecule has 1 aromatic heterocycles. The Labute approximate surface area is 212 Å². The second kappa shape index (κ2) is 10.8. The molecule has 2 aromatic rings. The van der Waals surface area contributed by atoms with Crippen molar-refractivity contribution in [3.8, 4) is 0 Å². The third kappa shape index (κ3) is 5.44. The van der Waals surface area contributed by atoms with E-state index in [-0.39, 0.29) is 23.6 Å². The summed E-state index contributed by atoms with van der Waals surface area (Å²) in [5.74, 6) is 0.0562. The van der Waals surface area contributed by atoms with Gasteiger partial charge in [0.15, 0.2) is 0 Å². The van der Waals surface area contributed by atoms with Gasteiger partial charge in [0.2, 0.25) is 17.7 Å². The highest BCUT2D eigenvalue weighted by Crippen LogP contribution is 2.37. The fourth-order valence-electron chi connectivity index (χ4n) is 5.89. The third-order valence-electron chi connectivity index (χ3n) is 8.09. The van der Waals surface area contributed by atoms with Crippen LogP contribution in [0.4, 0.5) is 0 Å². The topological polar surface area (TPSA) is 109 Å². The van der Waals surface area contributed by atoms with Gasteiger partial charge in [-0.1, -0.05) is 48.4 Å². The second-order valence-corrected chi connectivity index (χ2v) is 10.6. The molecule has 9 heteroatoms. The van der Waals surface area contributed by atoms with Crippen LogP contribution in [0.5, 0.6) is 0 Å². The first-order chi connectivity index (χ1) is 17.5. The van der Waals surface area contributed by atoms with Gasteiger partial charge in [-0.05, 0) is 37.7 Å². The zero-order valence-corrected chi connectivity index (χ0v) is 20.8. The highest BCUT2D eigenvalue weighted by atomic mass is 16.2. The number of hydrogen-bond donors (Lipinski definition) is 2. The zero-order chi connectivity index (χ0) is 25.0. The van der Waals surface area contributed by atoms with E-state index >= 15 is 0 Å². The Kier molecular flexibility index (Phi) is 7.34. The maximum Gasteiger partial charge on any atom is 0.242 e. The van der Waals surface area contributed by atoms with Crippen LogP contribution >= 0.6 is 0 Å². The van der Waals surface area contributed by atoms with Crippen LogP contribution in [0.25, 0.3) is 0 Å². The molecule has 2 bridgehead atoms. The Balaban J connectivity index is 1.38. The van der Waals surface area contributed by atoms with Gasteiger partial charge in [0.05, 0.1) is 11.1 Å². The molecule has 3 amide bonds. The fraction of sp³-hybridized carbons (Fsp3) is 0.593. The Morgan fingerprint density at radius 1 is 1.03 bits per heavy atom. The van der Waals surface area contributed by atoms with Crippen LogP contribution in [0, 0.1) is 11.3 Å². The van der Waals surface area contributed by atoms with Gasteiger partial charge in [0, 0.05) is 51.1 Å². The van der Waals surface area contributed by atoms with Gasteiger partial charge in [-0.15, -0.1) is 5.10 Å². The number of aryl methyl sites for hydroxylation is 1. The molecular weight excluding hydrogens is 456 g/mol. The SMILES string of the molecule is O=C1NCCCn2cc(nn2)CC2(CCN(C(=O)C3CCCC3)CC2)C(=O)N[C@H]1Cc1ccccc1. The van der Waals surface area contributed by atoms with Gasteiger partial charge >= 0.3 is 0 Å². The Hall–Kier alpha value is -3.23. The monoisotopic (exact) mass is 492 g/mol. The van der Waals surface area contributed by atoms with Crippen LogP contribution in [0.15, 0.2) is 36.5 Å². The Morgan fingerprint density at radius 3 is 2.53 bits per heavy atom. The lowest BCUT2D eigenvalue weighted by Crippen LogP contribution is -2.56. The Morgan fingerprint density at radius 2 is 1.78 bits per heavy atom. The van der Waals surface area contributed by atoms with Crippen LogP contribution in [0.2, 0.25) is 0 Å². The lowest BCUT2D eigenvalue weighted by atomic mass is 9.73. The smallest absolute Gasteiger partial charge is 0.242 e. The molecule has 1 saturated heterocycles. The average molecular weight is 493 g/mol. The lowest BCUT2D eigenvalue weighted by Gasteiger charge is -2.41. The highest BCUT2D eigenvalue weighted by Gasteiger charge is 2.45. The molecule has 2 N–H and O–H groups in total. The average Bonchev–Trinajstić information content (AvgIpc) is 3.59. The third-order valence-corrected chi connectivity index (χ3v) is 8.09. The molecule has 3 heterocycles. The van der Waals surface area contributed by atoms with Gasteiger partial charge in [-0.3, -0.25) is 19.1 Å². The molecule has 5 rings (SSSR count). The van der Waals surface area contributed by atoms with Crippen molar-refractivity contribution in [2.45, 2.75) is 70.4 Å². The van der Waals surface area contributed by atoms with E-state index in [9.17, 15) is 14.4 Å². The number of likely N-dealkylation sites (tertiary alicyclic amines) is 1. The predicted molar refractivity (Wildman–Crippen MR) is 134 cm³/mol. The normalized spacial score (nSPS) is 23.3.